The van der Waals surface area contributed by atoms with E-state index in [-0.39, 0.29) is 5.91 Å². The number of hydrogen-bond acceptors (Lipinski definition) is 4. The lowest BCUT2D eigenvalue weighted by molar-refractivity contribution is -0.126. The first-order valence-electron chi connectivity index (χ1n) is 10.8. The van der Waals surface area contributed by atoms with E-state index in [0.29, 0.717) is 5.69 Å². The Hall–Kier alpha value is -4.03. The van der Waals surface area contributed by atoms with Gasteiger partial charge in [-0.15, -0.1) is 0 Å². The van der Waals surface area contributed by atoms with Gasteiger partial charge >= 0.3 is 0 Å². The fourth-order valence-electron chi connectivity index (χ4n) is 4.88. The van der Waals surface area contributed by atoms with Gasteiger partial charge in [-0.3, -0.25) is 14.4 Å². The number of benzene rings is 4. The molecule has 0 aliphatic carbocycles. The van der Waals surface area contributed by atoms with E-state index >= 15 is 0 Å². The quantitative estimate of drug-likeness (QED) is 0.421. The van der Waals surface area contributed by atoms with Gasteiger partial charge in [0, 0.05) is 0 Å². The first kappa shape index (κ1) is 19.6. The van der Waals surface area contributed by atoms with E-state index < -0.39 is 29.8 Å². The molecule has 4 aromatic carbocycles. The standard InChI is InChI=1S/C27H19FN2O3/c28-18-13-15-19(16-14-18)29-26(31)23-24(22-12-6-8-17-7-4-5-11-21(17)22)30(33-25(23)27(29)32)20-9-2-1-3-10-20/h1-16,23-25H/t23-,24-,25-/m1/s1. The smallest absolute Gasteiger partial charge is 0.266 e. The van der Waals surface area contributed by atoms with Gasteiger partial charge in [0.05, 0.1) is 17.4 Å². The number of anilines is 2. The van der Waals surface area contributed by atoms with E-state index in [1.165, 1.54) is 24.3 Å². The van der Waals surface area contributed by atoms with Crippen molar-refractivity contribution in [2.75, 3.05) is 9.96 Å². The van der Waals surface area contributed by atoms with E-state index in [4.69, 9.17) is 4.84 Å². The van der Waals surface area contributed by atoms with Gasteiger partial charge in [-0.2, -0.15) is 0 Å². The second-order valence-electron chi connectivity index (χ2n) is 8.21. The molecular weight excluding hydrogens is 419 g/mol. The van der Waals surface area contributed by atoms with Crippen LogP contribution in [0.1, 0.15) is 11.6 Å². The van der Waals surface area contributed by atoms with Crippen molar-refractivity contribution in [1.82, 2.24) is 0 Å². The molecule has 3 atom stereocenters. The van der Waals surface area contributed by atoms with Crippen molar-refractivity contribution in [2.45, 2.75) is 12.1 Å². The average Bonchev–Trinajstić information content (AvgIpc) is 3.36. The Labute approximate surface area is 189 Å². The lowest BCUT2D eigenvalue weighted by Gasteiger charge is -2.29. The van der Waals surface area contributed by atoms with Gasteiger partial charge in [0.1, 0.15) is 11.7 Å². The number of rotatable bonds is 3. The summed E-state index contributed by atoms with van der Waals surface area (Å²) in [6.45, 7) is 0. The maximum Gasteiger partial charge on any atom is 0.266 e. The summed E-state index contributed by atoms with van der Waals surface area (Å²) in [6, 6.07) is 28.2. The Bertz CT molecular complexity index is 1370. The molecule has 0 bridgehead atoms. The minimum atomic E-state index is -0.966. The minimum absolute atomic E-state index is 0.340. The highest BCUT2D eigenvalue weighted by atomic mass is 19.1. The lowest BCUT2D eigenvalue weighted by Crippen LogP contribution is -2.37. The third kappa shape index (κ3) is 3.02. The molecular formula is C27H19FN2O3. The highest BCUT2D eigenvalue weighted by Gasteiger charge is 2.60. The van der Waals surface area contributed by atoms with E-state index in [9.17, 15) is 14.0 Å². The summed E-state index contributed by atoms with van der Waals surface area (Å²) < 4.78 is 13.4. The summed E-state index contributed by atoms with van der Waals surface area (Å²) in [5, 5.41) is 3.73. The van der Waals surface area contributed by atoms with Crippen LogP contribution in [0.2, 0.25) is 0 Å². The highest BCUT2D eigenvalue weighted by Crippen LogP contribution is 2.48. The highest BCUT2D eigenvalue weighted by molar-refractivity contribution is 6.24. The Morgan fingerprint density at radius 2 is 1.39 bits per heavy atom. The summed E-state index contributed by atoms with van der Waals surface area (Å²) in [4.78, 5) is 34.4. The predicted octanol–water partition coefficient (Wildman–Crippen LogP) is 5.03. The van der Waals surface area contributed by atoms with Crippen LogP contribution >= 0.6 is 0 Å². The van der Waals surface area contributed by atoms with Gasteiger partial charge in [-0.05, 0) is 52.7 Å². The van der Waals surface area contributed by atoms with Gasteiger partial charge in [0.15, 0.2) is 6.10 Å². The molecule has 4 aromatic rings. The number of carbonyl (C=O) groups excluding carboxylic acids is 2. The Morgan fingerprint density at radius 1 is 0.697 bits per heavy atom. The second kappa shape index (κ2) is 7.53. The van der Waals surface area contributed by atoms with Crippen LogP contribution in [-0.4, -0.2) is 17.9 Å². The molecule has 0 saturated carbocycles. The molecule has 0 N–H and O–H groups in total. The van der Waals surface area contributed by atoms with Gasteiger partial charge in [-0.1, -0.05) is 60.7 Å². The summed E-state index contributed by atoms with van der Waals surface area (Å²) in [5.41, 5.74) is 2.01. The monoisotopic (exact) mass is 438 g/mol. The van der Waals surface area contributed by atoms with Crippen LogP contribution in [0.5, 0.6) is 0 Å². The first-order chi connectivity index (χ1) is 16.1. The third-order valence-corrected chi connectivity index (χ3v) is 6.35. The molecule has 0 unspecified atom stereocenters. The molecule has 2 fully saturated rings. The van der Waals surface area contributed by atoms with Crippen LogP contribution in [-0.2, 0) is 14.4 Å². The Morgan fingerprint density at radius 3 is 2.18 bits per heavy atom. The van der Waals surface area contributed by atoms with Crippen LogP contribution in [0.15, 0.2) is 97.1 Å². The van der Waals surface area contributed by atoms with E-state index in [1.54, 1.807) is 5.06 Å². The van der Waals surface area contributed by atoms with Crippen LogP contribution in [0.4, 0.5) is 15.8 Å². The number of halogens is 1. The normalized spacial score (nSPS) is 22.3. The first-order valence-corrected chi connectivity index (χ1v) is 10.8. The number of nitrogens with zero attached hydrogens (tertiary/aromatic N) is 2. The Kier molecular flexibility index (Phi) is 4.48. The van der Waals surface area contributed by atoms with Gasteiger partial charge in [-0.25, -0.2) is 14.4 Å². The van der Waals surface area contributed by atoms with Crippen molar-refractivity contribution in [3.8, 4) is 0 Å². The minimum Gasteiger partial charge on any atom is -0.273 e. The summed E-state index contributed by atoms with van der Waals surface area (Å²) in [7, 11) is 0. The number of amides is 2. The molecule has 0 radical (unpaired) electrons. The van der Waals surface area contributed by atoms with Crippen molar-refractivity contribution < 1.29 is 18.8 Å². The number of hydroxylamine groups is 1. The van der Waals surface area contributed by atoms with E-state index in [1.807, 2.05) is 72.8 Å². The van der Waals surface area contributed by atoms with Crippen molar-refractivity contribution in [1.29, 1.82) is 0 Å². The number of imide groups is 1. The summed E-state index contributed by atoms with van der Waals surface area (Å²) in [5.74, 6) is -1.97. The maximum atomic E-state index is 13.7. The fraction of sp³-hybridized carbons (Fsp3) is 0.111. The molecule has 33 heavy (non-hydrogen) atoms. The molecule has 6 rings (SSSR count). The van der Waals surface area contributed by atoms with Crippen LogP contribution in [0.25, 0.3) is 10.8 Å². The largest absolute Gasteiger partial charge is 0.273 e. The van der Waals surface area contributed by atoms with Gasteiger partial charge < -0.3 is 0 Å². The Balaban J connectivity index is 1.50. The SMILES string of the molecule is O=C1[C@@H]2[C@@H](c3cccc4ccccc34)N(c3ccccc3)O[C@H]2C(=O)N1c1ccc(F)cc1. The number of carbonyl (C=O) groups is 2. The number of fused-ring (bicyclic) bond motifs is 2. The molecule has 2 aliphatic rings. The van der Waals surface area contributed by atoms with Crippen LogP contribution in [0.3, 0.4) is 0 Å². The van der Waals surface area contributed by atoms with E-state index in [0.717, 1.165) is 26.9 Å². The summed E-state index contributed by atoms with van der Waals surface area (Å²) in [6.07, 6.45) is -0.966. The fourth-order valence-corrected chi connectivity index (χ4v) is 4.88. The molecule has 2 heterocycles. The molecule has 0 spiro atoms. The van der Waals surface area contributed by atoms with Crippen LogP contribution < -0.4 is 9.96 Å². The molecule has 2 aliphatic heterocycles. The molecule has 2 saturated heterocycles. The second-order valence-corrected chi connectivity index (χ2v) is 8.21. The zero-order valence-corrected chi connectivity index (χ0v) is 17.5. The molecule has 5 nitrogen and oxygen atoms in total. The zero-order chi connectivity index (χ0) is 22.5. The molecule has 2 amide bonds. The average molecular weight is 438 g/mol. The third-order valence-electron chi connectivity index (χ3n) is 6.35. The summed E-state index contributed by atoms with van der Waals surface area (Å²) >= 11 is 0. The molecule has 0 aromatic heterocycles. The van der Waals surface area contributed by atoms with Gasteiger partial charge in [0.2, 0.25) is 5.91 Å². The topological polar surface area (TPSA) is 49.9 Å². The molecule has 6 heteroatoms. The number of hydrogen-bond donors (Lipinski definition) is 0. The van der Waals surface area contributed by atoms with Crippen molar-refractivity contribution in [2.24, 2.45) is 5.92 Å². The van der Waals surface area contributed by atoms with Crippen molar-refractivity contribution in [3.63, 3.8) is 0 Å². The number of para-hydroxylation sites is 1. The lowest BCUT2D eigenvalue weighted by atomic mass is 9.87. The predicted molar refractivity (Wildman–Crippen MR) is 123 cm³/mol. The maximum absolute atomic E-state index is 13.7. The van der Waals surface area contributed by atoms with Gasteiger partial charge in [0.25, 0.3) is 5.91 Å². The van der Waals surface area contributed by atoms with Crippen molar-refractivity contribution in [3.05, 3.63) is 108 Å². The van der Waals surface area contributed by atoms with E-state index in [2.05, 4.69) is 0 Å². The molecule has 162 valence electrons. The van der Waals surface area contributed by atoms with Crippen LogP contribution in [0, 0.1) is 11.7 Å². The zero-order valence-electron chi connectivity index (χ0n) is 17.5. The van der Waals surface area contributed by atoms with Crippen molar-refractivity contribution >= 4 is 34.0 Å².